The van der Waals surface area contributed by atoms with E-state index in [4.69, 9.17) is 19.1 Å². The molecule has 0 radical (unpaired) electrons. The summed E-state index contributed by atoms with van der Waals surface area (Å²) >= 11 is 3.64. The predicted molar refractivity (Wildman–Crippen MR) is 84.2 cm³/mol. The molecule has 0 aliphatic carbocycles. The van der Waals surface area contributed by atoms with E-state index < -0.39 is 5.97 Å². The Labute approximate surface area is 140 Å². The first kappa shape index (κ1) is 14.6. The van der Waals surface area contributed by atoms with Crippen molar-refractivity contribution in [3.05, 3.63) is 27.4 Å². The lowest BCUT2D eigenvalue weighted by Gasteiger charge is -2.28. The van der Waals surface area contributed by atoms with Gasteiger partial charge in [0.1, 0.15) is 11.5 Å². The molecule has 1 aromatic heterocycles. The van der Waals surface area contributed by atoms with Gasteiger partial charge in [-0.3, -0.25) is 0 Å². The van der Waals surface area contributed by atoms with Crippen molar-refractivity contribution in [1.82, 2.24) is 5.16 Å². The van der Waals surface area contributed by atoms with Gasteiger partial charge >= 0.3 is 5.97 Å². The lowest BCUT2D eigenvalue weighted by molar-refractivity contribution is 0.0686. The molecule has 0 unspecified atom stereocenters. The van der Waals surface area contributed by atoms with E-state index in [-0.39, 0.29) is 5.69 Å². The number of halogens is 1. The van der Waals surface area contributed by atoms with Crippen LogP contribution in [-0.2, 0) is 12.8 Å². The molecule has 3 heterocycles. The molecule has 0 atom stereocenters. The maximum atomic E-state index is 11.1. The lowest BCUT2D eigenvalue weighted by atomic mass is 9.92. The highest BCUT2D eigenvalue weighted by Crippen LogP contribution is 2.50. The monoisotopic (exact) mass is 379 g/mol. The summed E-state index contributed by atoms with van der Waals surface area (Å²) in [7, 11) is 0. The molecule has 7 heteroatoms. The van der Waals surface area contributed by atoms with Crippen molar-refractivity contribution in [2.75, 3.05) is 13.2 Å². The number of hydrogen-bond acceptors (Lipinski definition) is 5. The summed E-state index contributed by atoms with van der Waals surface area (Å²) in [5.41, 5.74) is 2.69. The molecule has 0 fully saturated rings. The third kappa shape index (κ3) is 2.30. The molecule has 2 aliphatic heterocycles. The third-order valence-electron chi connectivity index (χ3n) is 4.15. The van der Waals surface area contributed by atoms with Gasteiger partial charge in [0.15, 0.2) is 11.5 Å². The van der Waals surface area contributed by atoms with Crippen LogP contribution in [0.5, 0.6) is 11.5 Å². The lowest BCUT2D eigenvalue weighted by Crippen LogP contribution is -2.16. The van der Waals surface area contributed by atoms with Crippen molar-refractivity contribution in [3.63, 3.8) is 0 Å². The Balaban J connectivity index is 1.98. The van der Waals surface area contributed by atoms with Crippen molar-refractivity contribution in [3.8, 4) is 22.8 Å². The van der Waals surface area contributed by atoms with Crippen molar-refractivity contribution in [2.24, 2.45) is 0 Å². The minimum Gasteiger partial charge on any atom is -0.492 e. The number of carboxylic acids is 1. The number of ether oxygens (including phenoxy) is 2. The summed E-state index contributed by atoms with van der Waals surface area (Å²) in [6, 6.07) is 1.44. The molecular formula is C16H14BrNO5. The van der Waals surface area contributed by atoms with Crippen molar-refractivity contribution in [2.45, 2.75) is 25.7 Å². The number of rotatable bonds is 2. The molecule has 0 saturated carbocycles. The molecule has 2 aromatic rings. The van der Waals surface area contributed by atoms with Gasteiger partial charge in [-0.1, -0.05) is 5.16 Å². The average Bonchev–Trinajstić information content (AvgIpc) is 3.05. The molecule has 1 aromatic carbocycles. The Morgan fingerprint density at radius 2 is 1.83 bits per heavy atom. The van der Waals surface area contributed by atoms with Crippen LogP contribution in [0.3, 0.4) is 0 Å². The van der Waals surface area contributed by atoms with E-state index in [0.717, 1.165) is 58.3 Å². The van der Waals surface area contributed by atoms with Crippen molar-refractivity contribution in [1.29, 1.82) is 0 Å². The van der Waals surface area contributed by atoms with Gasteiger partial charge in [0.05, 0.1) is 23.2 Å². The largest absolute Gasteiger partial charge is 0.492 e. The SMILES string of the molecule is O=C(O)c1cc(-c2c3c(c(Br)c4c2OCCC4)OCCC3)on1. The Kier molecular flexibility index (Phi) is 3.52. The molecule has 0 spiro atoms. The van der Waals surface area contributed by atoms with Crippen LogP contribution in [0.15, 0.2) is 15.1 Å². The number of carbonyl (C=O) groups is 1. The summed E-state index contributed by atoms with van der Waals surface area (Å²) in [5, 5.41) is 12.7. The van der Waals surface area contributed by atoms with Crippen LogP contribution >= 0.6 is 15.9 Å². The number of fused-ring (bicyclic) bond motifs is 2. The molecule has 120 valence electrons. The molecule has 6 nitrogen and oxygen atoms in total. The highest BCUT2D eigenvalue weighted by molar-refractivity contribution is 9.10. The zero-order chi connectivity index (χ0) is 16.0. The van der Waals surface area contributed by atoms with E-state index >= 15 is 0 Å². The van der Waals surface area contributed by atoms with E-state index in [9.17, 15) is 4.79 Å². The standard InChI is InChI=1S/C16H14BrNO5/c17-13-9-4-2-5-21-14(9)12(8-3-1-6-22-15(8)13)11-7-10(16(19)20)18-23-11/h7H,1-6H2,(H,19,20). The van der Waals surface area contributed by atoms with E-state index in [0.29, 0.717) is 19.0 Å². The minimum atomic E-state index is -1.11. The molecule has 4 rings (SSSR count). The molecule has 1 N–H and O–H groups in total. The average molecular weight is 380 g/mol. The molecule has 2 aliphatic rings. The highest BCUT2D eigenvalue weighted by Gasteiger charge is 2.31. The van der Waals surface area contributed by atoms with Crippen LogP contribution in [0.4, 0.5) is 0 Å². The second-order valence-electron chi connectivity index (χ2n) is 5.59. The highest BCUT2D eigenvalue weighted by atomic mass is 79.9. The summed E-state index contributed by atoms with van der Waals surface area (Å²) < 4.78 is 18.0. The first-order chi connectivity index (χ1) is 11.2. The van der Waals surface area contributed by atoms with Gasteiger partial charge in [0.25, 0.3) is 0 Å². The van der Waals surface area contributed by atoms with E-state index in [1.165, 1.54) is 6.07 Å². The number of hydrogen-bond donors (Lipinski definition) is 1. The Hall–Kier alpha value is -2.02. The van der Waals surface area contributed by atoms with Crippen molar-refractivity contribution < 1.29 is 23.9 Å². The molecule has 0 saturated heterocycles. The molecule has 0 bridgehead atoms. The second-order valence-corrected chi connectivity index (χ2v) is 6.38. The first-order valence-electron chi connectivity index (χ1n) is 7.50. The van der Waals surface area contributed by atoms with E-state index in [2.05, 4.69) is 21.1 Å². The van der Waals surface area contributed by atoms with Crippen LogP contribution in [0, 0.1) is 0 Å². The fourth-order valence-corrected chi connectivity index (χ4v) is 3.88. The van der Waals surface area contributed by atoms with Crippen LogP contribution in [0.25, 0.3) is 11.3 Å². The summed E-state index contributed by atoms with van der Waals surface area (Å²) in [6.07, 6.45) is 3.52. The van der Waals surface area contributed by atoms with Crippen LogP contribution in [-0.4, -0.2) is 29.4 Å². The number of benzene rings is 1. The van der Waals surface area contributed by atoms with Gasteiger partial charge in [0, 0.05) is 17.2 Å². The maximum absolute atomic E-state index is 11.1. The summed E-state index contributed by atoms with van der Waals surface area (Å²) in [5.74, 6) is 0.857. The zero-order valence-corrected chi connectivity index (χ0v) is 13.8. The number of aromatic nitrogens is 1. The number of carboxylic acid groups (broad SMARTS) is 1. The van der Waals surface area contributed by atoms with Gasteiger partial charge in [-0.25, -0.2) is 4.79 Å². The fraction of sp³-hybridized carbons (Fsp3) is 0.375. The Bertz CT molecular complexity index is 761. The predicted octanol–water partition coefficient (Wildman–Crippen LogP) is 3.45. The first-order valence-corrected chi connectivity index (χ1v) is 8.29. The second kappa shape index (κ2) is 5.56. The normalized spacial score (nSPS) is 16.0. The molecular weight excluding hydrogens is 366 g/mol. The number of aromatic carboxylic acids is 1. The smallest absolute Gasteiger partial charge is 0.358 e. The Morgan fingerprint density at radius 1 is 1.13 bits per heavy atom. The van der Waals surface area contributed by atoms with E-state index in [1.807, 2.05) is 0 Å². The quantitative estimate of drug-likeness (QED) is 0.860. The van der Waals surface area contributed by atoms with Gasteiger partial charge in [-0.15, -0.1) is 0 Å². The molecule has 0 amide bonds. The van der Waals surface area contributed by atoms with Crippen LogP contribution < -0.4 is 9.47 Å². The topological polar surface area (TPSA) is 81.8 Å². The van der Waals surface area contributed by atoms with Gasteiger partial charge < -0.3 is 19.1 Å². The van der Waals surface area contributed by atoms with Crippen LogP contribution in [0.2, 0.25) is 0 Å². The van der Waals surface area contributed by atoms with Gasteiger partial charge in [0.2, 0.25) is 0 Å². The minimum absolute atomic E-state index is 0.113. The molecule has 23 heavy (non-hydrogen) atoms. The zero-order valence-electron chi connectivity index (χ0n) is 12.2. The van der Waals surface area contributed by atoms with Crippen LogP contribution in [0.1, 0.15) is 34.5 Å². The summed E-state index contributed by atoms with van der Waals surface area (Å²) in [6.45, 7) is 1.30. The van der Waals surface area contributed by atoms with Crippen molar-refractivity contribution >= 4 is 21.9 Å². The summed E-state index contributed by atoms with van der Waals surface area (Å²) in [4.78, 5) is 11.1. The fourth-order valence-electron chi connectivity index (χ4n) is 3.14. The maximum Gasteiger partial charge on any atom is 0.358 e. The van der Waals surface area contributed by atoms with Gasteiger partial charge in [-0.05, 0) is 41.6 Å². The van der Waals surface area contributed by atoms with E-state index in [1.54, 1.807) is 0 Å². The third-order valence-corrected chi connectivity index (χ3v) is 4.99. The number of nitrogens with zero attached hydrogens (tertiary/aromatic N) is 1. The van der Waals surface area contributed by atoms with Gasteiger partial charge in [-0.2, -0.15) is 0 Å². The Morgan fingerprint density at radius 3 is 2.52 bits per heavy atom.